The van der Waals surface area contributed by atoms with E-state index in [9.17, 15) is 14.0 Å². The predicted molar refractivity (Wildman–Crippen MR) is 106 cm³/mol. The largest absolute Gasteiger partial charge is 0.497 e. The molecule has 0 saturated heterocycles. The Balaban J connectivity index is 1.96. The number of halogens is 1. The van der Waals surface area contributed by atoms with Crippen molar-refractivity contribution in [3.8, 4) is 11.8 Å². The quantitative estimate of drug-likeness (QED) is 0.510. The number of nitriles is 1. The Morgan fingerprint density at radius 1 is 1.07 bits per heavy atom. The first-order chi connectivity index (χ1) is 13.9. The van der Waals surface area contributed by atoms with E-state index in [2.05, 4.69) is 5.32 Å². The van der Waals surface area contributed by atoms with Crippen molar-refractivity contribution in [1.82, 2.24) is 0 Å². The van der Waals surface area contributed by atoms with Crippen molar-refractivity contribution in [3.05, 3.63) is 88.7 Å². The molecule has 0 aliphatic heterocycles. The van der Waals surface area contributed by atoms with Gasteiger partial charge in [-0.3, -0.25) is 9.59 Å². The molecule has 0 aliphatic rings. The molecule has 1 amide bonds. The standard InChI is InChI=1S/C22H16FN3O3/c1-29-15-8-6-14(7-9-15)22(28)26-20-17(3-2-4-19(20)25)21(27)16-10-5-13(12-24)11-18(16)23/h2-11H,25H2,1H3,(H,26,28). The first kappa shape index (κ1) is 19.6. The third-order valence-electron chi connectivity index (χ3n) is 4.27. The number of para-hydroxylation sites is 1. The number of hydrogen-bond donors (Lipinski definition) is 2. The van der Waals surface area contributed by atoms with Crippen LogP contribution in [0.5, 0.6) is 5.75 Å². The molecule has 0 atom stereocenters. The molecule has 144 valence electrons. The van der Waals surface area contributed by atoms with Crippen molar-refractivity contribution < 1.29 is 18.7 Å². The molecule has 3 aromatic carbocycles. The van der Waals surface area contributed by atoms with Gasteiger partial charge in [-0.25, -0.2) is 4.39 Å². The molecule has 3 rings (SSSR count). The number of carbonyl (C=O) groups is 2. The number of hydrogen-bond acceptors (Lipinski definition) is 5. The van der Waals surface area contributed by atoms with Gasteiger partial charge in [-0.15, -0.1) is 0 Å². The lowest BCUT2D eigenvalue weighted by Gasteiger charge is -2.14. The van der Waals surface area contributed by atoms with Crippen molar-refractivity contribution in [2.45, 2.75) is 0 Å². The highest BCUT2D eigenvalue weighted by molar-refractivity contribution is 6.17. The molecule has 3 aromatic rings. The van der Waals surface area contributed by atoms with Gasteiger partial charge in [0.05, 0.1) is 35.7 Å². The summed E-state index contributed by atoms with van der Waals surface area (Å²) in [5.41, 5.74) is 6.45. The van der Waals surface area contributed by atoms with Crippen molar-refractivity contribution in [3.63, 3.8) is 0 Å². The Kier molecular flexibility index (Phi) is 5.56. The van der Waals surface area contributed by atoms with Crippen LogP contribution in [0, 0.1) is 17.1 Å². The minimum Gasteiger partial charge on any atom is -0.497 e. The van der Waals surface area contributed by atoms with E-state index in [0.717, 1.165) is 6.07 Å². The Bertz CT molecular complexity index is 1140. The molecule has 0 saturated carbocycles. The molecular formula is C22H16FN3O3. The monoisotopic (exact) mass is 389 g/mol. The van der Waals surface area contributed by atoms with Crippen molar-refractivity contribution in [1.29, 1.82) is 5.26 Å². The number of nitrogens with two attached hydrogens (primary N) is 1. The maximum absolute atomic E-state index is 14.3. The predicted octanol–water partition coefficient (Wildman–Crippen LogP) is 3.77. The van der Waals surface area contributed by atoms with Crippen LogP contribution in [0.25, 0.3) is 0 Å². The summed E-state index contributed by atoms with van der Waals surface area (Å²) in [5, 5.41) is 11.5. The van der Waals surface area contributed by atoms with Gasteiger partial charge in [0.2, 0.25) is 0 Å². The highest BCUT2D eigenvalue weighted by Crippen LogP contribution is 2.28. The summed E-state index contributed by atoms with van der Waals surface area (Å²) in [6.45, 7) is 0. The van der Waals surface area contributed by atoms with Gasteiger partial charge in [0, 0.05) is 11.1 Å². The second-order valence-electron chi connectivity index (χ2n) is 6.09. The zero-order chi connectivity index (χ0) is 21.0. The fourth-order valence-corrected chi connectivity index (χ4v) is 2.74. The van der Waals surface area contributed by atoms with Crippen molar-refractivity contribution in [2.75, 3.05) is 18.2 Å². The van der Waals surface area contributed by atoms with Crippen LogP contribution in [0.1, 0.15) is 31.8 Å². The van der Waals surface area contributed by atoms with Gasteiger partial charge in [-0.05, 0) is 54.6 Å². The second-order valence-corrected chi connectivity index (χ2v) is 6.09. The molecule has 6 nitrogen and oxygen atoms in total. The summed E-state index contributed by atoms with van der Waals surface area (Å²) in [6.07, 6.45) is 0. The van der Waals surface area contributed by atoms with Crippen LogP contribution >= 0.6 is 0 Å². The zero-order valence-electron chi connectivity index (χ0n) is 15.4. The van der Waals surface area contributed by atoms with Gasteiger partial charge in [-0.2, -0.15) is 5.26 Å². The number of nitrogens with one attached hydrogen (secondary N) is 1. The summed E-state index contributed by atoms with van der Waals surface area (Å²) in [5.74, 6) is -1.39. The fraction of sp³-hybridized carbons (Fsp3) is 0.0455. The van der Waals surface area contributed by atoms with E-state index >= 15 is 0 Å². The van der Waals surface area contributed by atoms with Crippen LogP contribution in [-0.2, 0) is 0 Å². The van der Waals surface area contributed by atoms with Crippen LogP contribution in [0.2, 0.25) is 0 Å². The van der Waals surface area contributed by atoms with Gasteiger partial charge in [0.25, 0.3) is 5.91 Å². The number of amides is 1. The number of anilines is 2. The number of nitrogen functional groups attached to an aromatic ring is 1. The summed E-state index contributed by atoms with van der Waals surface area (Å²) in [7, 11) is 1.51. The molecule has 0 spiro atoms. The van der Waals surface area contributed by atoms with Gasteiger partial charge >= 0.3 is 0 Å². The molecule has 29 heavy (non-hydrogen) atoms. The number of benzene rings is 3. The second kappa shape index (κ2) is 8.23. The first-order valence-corrected chi connectivity index (χ1v) is 8.53. The van der Waals surface area contributed by atoms with Crippen LogP contribution in [-0.4, -0.2) is 18.8 Å². The van der Waals surface area contributed by atoms with E-state index in [1.165, 1.54) is 37.4 Å². The molecule has 0 unspecified atom stereocenters. The Labute approximate surface area is 166 Å². The summed E-state index contributed by atoms with van der Waals surface area (Å²) in [4.78, 5) is 25.5. The van der Waals surface area contributed by atoms with Gasteiger partial charge < -0.3 is 15.8 Å². The molecule has 0 radical (unpaired) electrons. The number of ether oxygens (including phenoxy) is 1. The summed E-state index contributed by atoms with van der Waals surface area (Å²) in [6, 6.07) is 16.3. The van der Waals surface area contributed by atoms with Gasteiger partial charge in [0.1, 0.15) is 11.6 Å². The van der Waals surface area contributed by atoms with Crippen molar-refractivity contribution in [2.24, 2.45) is 0 Å². The molecule has 3 N–H and O–H groups in total. The molecule has 0 heterocycles. The lowest BCUT2D eigenvalue weighted by molar-refractivity contribution is 0.102. The SMILES string of the molecule is COc1ccc(C(=O)Nc2c(N)cccc2C(=O)c2ccc(C#N)cc2F)cc1. The normalized spacial score (nSPS) is 10.1. The Morgan fingerprint density at radius 3 is 2.41 bits per heavy atom. The molecular weight excluding hydrogens is 373 g/mol. The average molecular weight is 389 g/mol. The molecule has 7 heteroatoms. The maximum atomic E-state index is 14.3. The number of rotatable bonds is 5. The minimum absolute atomic E-state index is 0.0375. The van der Waals surface area contributed by atoms with E-state index < -0.39 is 17.5 Å². The number of methoxy groups -OCH3 is 1. The third kappa shape index (κ3) is 4.06. The molecule has 0 aliphatic carbocycles. The van der Waals surface area contributed by atoms with Crippen LogP contribution in [0.4, 0.5) is 15.8 Å². The van der Waals surface area contributed by atoms with Crippen LogP contribution in [0.3, 0.4) is 0 Å². The van der Waals surface area contributed by atoms with E-state index in [0.29, 0.717) is 11.3 Å². The Morgan fingerprint density at radius 2 is 1.79 bits per heavy atom. The lowest BCUT2D eigenvalue weighted by atomic mass is 9.99. The topological polar surface area (TPSA) is 105 Å². The smallest absolute Gasteiger partial charge is 0.255 e. The number of carbonyl (C=O) groups excluding carboxylic acids is 2. The lowest BCUT2D eigenvalue weighted by Crippen LogP contribution is -2.17. The number of nitrogens with zero attached hydrogens (tertiary/aromatic N) is 1. The zero-order valence-corrected chi connectivity index (χ0v) is 15.4. The van der Waals surface area contributed by atoms with Gasteiger partial charge in [-0.1, -0.05) is 6.07 Å². The average Bonchev–Trinajstić information content (AvgIpc) is 2.74. The third-order valence-corrected chi connectivity index (χ3v) is 4.27. The highest BCUT2D eigenvalue weighted by Gasteiger charge is 2.21. The van der Waals surface area contributed by atoms with E-state index in [1.54, 1.807) is 24.3 Å². The number of ketones is 1. The molecule has 0 aromatic heterocycles. The highest BCUT2D eigenvalue weighted by atomic mass is 19.1. The van der Waals surface area contributed by atoms with Crippen molar-refractivity contribution >= 4 is 23.1 Å². The van der Waals surface area contributed by atoms with Crippen LogP contribution in [0.15, 0.2) is 60.7 Å². The van der Waals surface area contributed by atoms with E-state index in [-0.39, 0.29) is 28.1 Å². The van der Waals surface area contributed by atoms with E-state index in [4.69, 9.17) is 15.7 Å². The van der Waals surface area contributed by atoms with Crippen LogP contribution < -0.4 is 15.8 Å². The first-order valence-electron chi connectivity index (χ1n) is 8.53. The fourth-order valence-electron chi connectivity index (χ4n) is 2.74. The summed E-state index contributed by atoms with van der Waals surface area (Å²) >= 11 is 0. The maximum Gasteiger partial charge on any atom is 0.255 e. The molecule has 0 fully saturated rings. The molecule has 0 bridgehead atoms. The van der Waals surface area contributed by atoms with Gasteiger partial charge in [0.15, 0.2) is 5.78 Å². The summed E-state index contributed by atoms with van der Waals surface area (Å²) < 4.78 is 19.4. The Hall–Kier alpha value is -4.18. The van der Waals surface area contributed by atoms with E-state index in [1.807, 2.05) is 6.07 Å². The minimum atomic E-state index is -0.830.